The van der Waals surface area contributed by atoms with Crippen molar-refractivity contribution in [2.45, 2.75) is 0 Å². The van der Waals surface area contributed by atoms with Gasteiger partial charge >= 0.3 is 0 Å². The molecule has 0 aliphatic carbocycles. The van der Waals surface area contributed by atoms with Crippen LogP contribution >= 0.6 is 39.1 Å². The minimum atomic E-state index is -0.412. The lowest BCUT2D eigenvalue weighted by molar-refractivity contribution is 0.402. The average molecular weight is 311 g/mol. The summed E-state index contributed by atoms with van der Waals surface area (Å²) < 4.78 is 18.1. The second kappa shape index (κ2) is 4.12. The molecule has 0 bridgehead atoms. The summed E-state index contributed by atoms with van der Waals surface area (Å²) in [6.45, 7) is 0. The van der Waals surface area contributed by atoms with E-state index in [0.717, 1.165) is 0 Å². The maximum Gasteiger partial charge on any atom is 0.221 e. The zero-order valence-corrected chi connectivity index (χ0v) is 10.2. The average Bonchev–Trinajstić information content (AvgIpc) is 2.52. The molecule has 0 atom stereocenters. The minimum absolute atomic E-state index is 0.266. The highest BCUT2D eigenvalue weighted by atomic mass is 79.9. The van der Waals surface area contributed by atoms with E-state index in [-0.39, 0.29) is 5.02 Å². The van der Waals surface area contributed by atoms with Crippen LogP contribution in [-0.2, 0) is 0 Å². The van der Waals surface area contributed by atoms with Crippen LogP contribution in [0.4, 0.5) is 4.39 Å². The first-order valence-corrected chi connectivity index (χ1v) is 5.40. The van der Waals surface area contributed by atoms with E-state index in [1.54, 1.807) is 0 Å². The van der Waals surface area contributed by atoms with Gasteiger partial charge < -0.3 is 4.52 Å². The molecule has 2 rings (SSSR count). The maximum atomic E-state index is 13.0. The van der Waals surface area contributed by atoms with Crippen LogP contribution < -0.4 is 0 Å². The van der Waals surface area contributed by atoms with Crippen LogP contribution in [0.2, 0.25) is 10.0 Å². The van der Waals surface area contributed by atoms with Gasteiger partial charge in [0.1, 0.15) is 16.5 Å². The van der Waals surface area contributed by atoms with Crippen LogP contribution in [-0.4, -0.2) is 5.16 Å². The van der Waals surface area contributed by atoms with Gasteiger partial charge in [0.05, 0.1) is 5.02 Å². The predicted octanol–water partition coefficient (Wildman–Crippen LogP) is 4.55. The Labute approximate surface area is 103 Å². The highest BCUT2D eigenvalue weighted by molar-refractivity contribution is 9.10. The molecule has 1 aromatic carbocycles. The Hall–Kier alpha value is -0.580. The Morgan fingerprint density at radius 3 is 2.67 bits per heavy atom. The van der Waals surface area contributed by atoms with Gasteiger partial charge in [0.25, 0.3) is 0 Å². The lowest BCUT2D eigenvalue weighted by Gasteiger charge is -2.00. The normalized spacial score (nSPS) is 10.7. The molecule has 0 radical (unpaired) electrons. The summed E-state index contributed by atoms with van der Waals surface area (Å²) in [4.78, 5) is 0. The summed E-state index contributed by atoms with van der Waals surface area (Å²) in [5, 5.41) is 4.31. The van der Waals surface area contributed by atoms with E-state index in [1.165, 1.54) is 18.2 Å². The molecule has 2 aromatic rings. The van der Waals surface area contributed by atoms with Gasteiger partial charge in [0.2, 0.25) is 4.67 Å². The highest BCUT2D eigenvalue weighted by Gasteiger charge is 2.16. The third-order valence-electron chi connectivity index (χ3n) is 1.78. The number of halogens is 4. The van der Waals surface area contributed by atoms with Gasteiger partial charge in [-0.25, -0.2) is 4.39 Å². The molecular formula is C9H3BrCl2FNO. The van der Waals surface area contributed by atoms with Crippen molar-refractivity contribution in [1.29, 1.82) is 0 Å². The van der Waals surface area contributed by atoms with Crippen LogP contribution in [0.3, 0.4) is 0 Å². The van der Waals surface area contributed by atoms with Crippen molar-refractivity contribution in [2.24, 2.45) is 0 Å². The first-order valence-electron chi connectivity index (χ1n) is 3.85. The Bertz CT molecular complexity index is 515. The summed E-state index contributed by atoms with van der Waals surface area (Å²) in [7, 11) is 0. The summed E-state index contributed by atoms with van der Waals surface area (Å²) >= 11 is 14.8. The van der Waals surface area contributed by atoms with E-state index in [0.29, 0.717) is 20.9 Å². The van der Waals surface area contributed by atoms with E-state index in [2.05, 4.69) is 21.1 Å². The monoisotopic (exact) mass is 309 g/mol. The van der Waals surface area contributed by atoms with Crippen LogP contribution in [0.15, 0.2) is 27.4 Å². The molecule has 0 saturated carbocycles. The van der Waals surface area contributed by atoms with Crippen molar-refractivity contribution in [2.75, 3.05) is 0 Å². The standard InChI is InChI=1S/C9H3BrCl2FNO/c10-9-7(12)8(14-15-9)5-3-4(13)1-2-6(5)11/h1-3H. The molecule has 0 saturated heterocycles. The largest absolute Gasteiger partial charge is 0.347 e. The number of aromatic nitrogens is 1. The Balaban J connectivity index is 2.63. The number of hydrogen-bond acceptors (Lipinski definition) is 2. The molecule has 0 amide bonds. The Kier molecular flexibility index (Phi) is 3.00. The molecule has 6 heteroatoms. The van der Waals surface area contributed by atoms with Crippen LogP contribution in [0.5, 0.6) is 0 Å². The predicted molar refractivity (Wildman–Crippen MR) is 59.6 cm³/mol. The summed E-state index contributed by atoms with van der Waals surface area (Å²) in [5.74, 6) is -0.412. The highest BCUT2D eigenvalue weighted by Crippen LogP contribution is 2.36. The second-order valence-corrected chi connectivity index (χ2v) is 4.25. The fourth-order valence-corrected chi connectivity index (χ4v) is 1.74. The third-order valence-corrected chi connectivity index (χ3v) is 3.23. The van der Waals surface area contributed by atoms with Gasteiger partial charge in [-0.3, -0.25) is 0 Å². The topological polar surface area (TPSA) is 26.0 Å². The minimum Gasteiger partial charge on any atom is -0.347 e. The van der Waals surface area contributed by atoms with E-state index in [9.17, 15) is 4.39 Å². The van der Waals surface area contributed by atoms with Crippen molar-refractivity contribution in [1.82, 2.24) is 5.16 Å². The molecule has 0 fully saturated rings. The zero-order chi connectivity index (χ0) is 11.0. The van der Waals surface area contributed by atoms with Gasteiger partial charge in [0, 0.05) is 5.56 Å². The van der Waals surface area contributed by atoms with E-state index < -0.39 is 5.82 Å². The van der Waals surface area contributed by atoms with Crippen molar-refractivity contribution in [3.63, 3.8) is 0 Å². The number of benzene rings is 1. The molecule has 2 nitrogen and oxygen atoms in total. The van der Waals surface area contributed by atoms with Gasteiger partial charge in [-0.1, -0.05) is 28.4 Å². The van der Waals surface area contributed by atoms with Crippen LogP contribution in [0.25, 0.3) is 11.3 Å². The molecule has 0 N–H and O–H groups in total. The Morgan fingerprint density at radius 1 is 1.33 bits per heavy atom. The second-order valence-electron chi connectivity index (χ2n) is 2.74. The fraction of sp³-hybridized carbons (Fsp3) is 0. The molecule has 0 aliphatic rings. The Morgan fingerprint density at radius 2 is 2.07 bits per heavy atom. The van der Waals surface area contributed by atoms with Gasteiger partial charge in [0.15, 0.2) is 0 Å². The number of rotatable bonds is 1. The summed E-state index contributed by atoms with van der Waals surface area (Å²) in [6.07, 6.45) is 0. The van der Waals surface area contributed by atoms with Gasteiger partial charge in [-0.2, -0.15) is 0 Å². The number of nitrogens with zero attached hydrogens (tertiary/aromatic N) is 1. The molecule has 1 aromatic heterocycles. The van der Waals surface area contributed by atoms with Crippen LogP contribution in [0, 0.1) is 5.82 Å². The molecule has 78 valence electrons. The van der Waals surface area contributed by atoms with Crippen molar-refractivity contribution in [3.8, 4) is 11.3 Å². The van der Waals surface area contributed by atoms with E-state index in [4.69, 9.17) is 27.7 Å². The molecule has 0 spiro atoms. The quantitative estimate of drug-likeness (QED) is 0.772. The molecule has 0 aliphatic heterocycles. The van der Waals surface area contributed by atoms with Crippen molar-refractivity contribution >= 4 is 39.1 Å². The lowest BCUT2D eigenvalue weighted by Crippen LogP contribution is -1.82. The van der Waals surface area contributed by atoms with Gasteiger partial charge in [-0.15, -0.1) is 0 Å². The molecular weight excluding hydrogens is 308 g/mol. The number of hydrogen-bond donors (Lipinski definition) is 0. The van der Waals surface area contributed by atoms with Crippen molar-refractivity contribution in [3.05, 3.63) is 38.7 Å². The maximum absolute atomic E-state index is 13.0. The summed E-state index contributed by atoms with van der Waals surface area (Å²) in [6, 6.07) is 3.94. The third kappa shape index (κ3) is 2.02. The van der Waals surface area contributed by atoms with Crippen molar-refractivity contribution < 1.29 is 8.91 Å². The zero-order valence-electron chi connectivity index (χ0n) is 7.10. The summed E-state index contributed by atoms with van der Waals surface area (Å²) in [5.41, 5.74) is 0.712. The molecule has 0 unspecified atom stereocenters. The van der Waals surface area contributed by atoms with E-state index >= 15 is 0 Å². The fourth-order valence-electron chi connectivity index (χ4n) is 1.11. The molecule has 15 heavy (non-hydrogen) atoms. The van der Waals surface area contributed by atoms with E-state index in [1.807, 2.05) is 0 Å². The molecule has 1 heterocycles. The first kappa shape index (κ1) is 10.9. The van der Waals surface area contributed by atoms with Gasteiger partial charge in [-0.05, 0) is 34.1 Å². The SMILES string of the molecule is Fc1ccc(Cl)c(-c2noc(Br)c2Cl)c1. The van der Waals surface area contributed by atoms with Crippen LogP contribution in [0.1, 0.15) is 0 Å². The smallest absolute Gasteiger partial charge is 0.221 e. The lowest BCUT2D eigenvalue weighted by atomic mass is 10.1. The first-order chi connectivity index (χ1) is 7.09.